The third-order valence-corrected chi connectivity index (χ3v) is 4.17. The van der Waals surface area contributed by atoms with Crippen LogP contribution >= 0.6 is 0 Å². The fourth-order valence-electron chi connectivity index (χ4n) is 2.90. The van der Waals surface area contributed by atoms with E-state index in [1.54, 1.807) is 12.3 Å². The van der Waals surface area contributed by atoms with Gasteiger partial charge in [0.15, 0.2) is 5.76 Å². The van der Waals surface area contributed by atoms with Gasteiger partial charge < -0.3 is 14.7 Å². The van der Waals surface area contributed by atoms with Gasteiger partial charge in [-0.3, -0.25) is 0 Å². The topological polar surface area (TPSA) is 58.4 Å². The zero-order valence-electron chi connectivity index (χ0n) is 12.6. The van der Waals surface area contributed by atoms with Crippen LogP contribution in [0.25, 0.3) is 0 Å². The molecule has 0 atom stereocenters. The predicted octanol–water partition coefficient (Wildman–Crippen LogP) is 2.84. The molecule has 0 saturated carbocycles. The number of urea groups is 1. The van der Waals surface area contributed by atoms with Crippen molar-refractivity contribution in [1.82, 2.24) is 15.4 Å². The first-order valence-electron chi connectivity index (χ1n) is 7.77. The molecular weight excluding hydrogens is 278 g/mol. The molecule has 5 nitrogen and oxygen atoms in total. The smallest absolute Gasteiger partial charge is 0.317 e. The van der Waals surface area contributed by atoms with E-state index in [1.807, 2.05) is 11.0 Å². The van der Waals surface area contributed by atoms with E-state index in [9.17, 15) is 4.79 Å². The van der Waals surface area contributed by atoms with Gasteiger partial charge in [-0.1, -0.05) is 35.5 Å². The quantitative estimate of drug-likeness (QED) is 0.944. The van der Waals surface area contributed by atoms with Crippen molar-refractivity contribution in [1.29, 1.82) is 0 Å². The minimum atomic E-state index is -0.0189. The number of hydrogen-bond donors (Lipinski definition) is 1. The molecule has 3 rings (SSSR count). The first-order chi connectivity index (χ1) is 10.8. The van der Waals surface area contributed by atoms with E-state index in [4.69, 9.17) is 4.52 Å². The summed E-state index contributed by atoms with van der Waals surface area (Å²) in [4.78, 5) is 14.0. The van der Waals surface area contributed by atoms with E-state index in [0.29, 0.717) is 18.2 Å². The molecule has 0 unspecified atom stereocenters. The van der Waals surface area contributed by atoms with Crippen molar-refractivity contribution in [2.24, 2.45) is 5.92 Å². The summed E-state index contributed by atoms with van der Waals surface area (Å²) in [6.07, 6.45) is 4.81. The molecule has 1 fully saturated rings. The van der Waals surface area contributed by atoms with Gasteiger partial charge >= 0.3 is 6.03 Å². The van der Waals surface area contributed by atoms with E-state index < -0.39 is 0 Å². The van der Waals surface area contributed by atoms with Crippen LogP contribution in [0.5, 0.6) is 0 Å². The fourth-order valence-corrected chi connectivity index (χ4v) is 2.90. The Hall–Kier alpha value is -2.30. The summed E-state index contributed by atoms with van der Waals surface area (Å²) in [6, 6.07) is 12.3. The average Bonchev–Trinajstić information content (AvgIpc) is 3.08. The maximum absolute atomic E-state index is 12.1. The highest BCUT2D eigenvalue weighted by molar-refractivity contribution is 5.74. The first kappa shape index (κ1) is 14.6. The molecule has 1 aliphatic heterocycles. The Kier molecular flexibility index (Phi) is 4.73. The number of benzene rings is 1. The van der Waals surface area contributed by atoms with Gasteiger partial charge in [-0.15, -0.1) is 0 Å². The van der Waals surface area contributed by atoms with Gasteiger partial charge in [0.1, 0.15) is 0 Å². The molecule has 0 spiro atoms. The van der Waals surface area contributed by atoms with Crippen LogP contribution in [0.4, 0.5) is 4.79 Å². The van der Waals surface area contributed by atoms with E-state index in [-0.39, 0.29) is 6.03 Å². The lowest BCUT2D eigenvalue weighted by Gasteiger charge is -2.32. The van der Waals surface area contributed by atoms with Crippen LogP contribution in [0.1, 0.15) is 24.2 Å². The van der Waals surface area contributed by atoms with Gasteiger partial charge in [0.2, 0.25) is 0 Å². The van der Waals surface area contributed by atoms with Crippen molar-refractivity contribution in [3.05, 3.63) is 53.9 Å². The Morgan fingerprint density at radius 2 is 2.00 bits per heavy atom. The van der Waals surface area contributed by atoms with E-state index in [0.717, 1.165) is 32.4 Å². The molecule has 5 heteroatoms. The standard InChI is InChI=1S/C17H21N3O2/c21-17(18-13-16-6-9-19-22-16)20-10-7-15(8-11-20)12-14-4-2-1-3-5-14/h1-6,9,15H,7-8,10-13H2,(H,18,21). The van der Waals surface area contributed by atoms with Crippen molar-refractivity contribution < 1.29 is 9.32 Å². The predicted molar refractivity (Wildman–Crippen MR) is 83.2 cm³/mol. The van der Waals surface area contributed by atoms with Crippen molar-refractivity contribution in [2.75, 3.05) is 13.1 Å². The summed E-state index contributed by atoms with van der Waals surface area (Å²) < 4.78 is 4.97. The molecule has 0 radical (unpaired) electrons. The van der Waals surface area contributed by atoms with E-state index in [1.165, 1.54) is 5.56 Å². The highest BCUT2D eigenvalue weighted by Crippen LogP contribution is 2.21. The number of nitrogens with zero attached hydrogens (tertiary/aromatic N) is 2. The van der Waals surface area contributed by atoms with Crippen LogP contribution in [0.15, 0.2) is 47.1 Å². The molecule has 1 N–H and O–H groups in total. The van der Waals surface area contributed by atoms with Crippen molar-refractivity contribution in [3.63, 3.8) is 0 Å². The summed E-state index contributed by atoms with van der Waals surface area (Å²) in [5.41, 5.74) is 1.38. The van der Waals surface area contributed by atoms with Crippen LogP contribution < -0.4 is 5.32 Å². The number of piperidine rings is 1. The fraction of sp³-hybridized carbons (Fsp3) is 0.412. The number of rotatable bonds is 4. The third-order valence-electron chi connectivity index (χ3n) is 4.17. The number of aromatic nitrogens is 1. The second-order valence-corrected chi connectivity index (χ2v) is 5.76. The third kappa shape index (κ3) is 3.87. The van der Waals surface area contributed by atoms with Crippen molar-refractivity contribution in [3.8, 4) is 0 Å². The number of hydrogen-bond acceptors (Lipinski definition) is 3. The van der Waals surface area contributed by atoms with Crippen LogP contribution in [0, 0.1) is 5.92 Å². The molecule has 1 aromatic carbocycles. The molecular formula is C17H21N3O2. The maximum atomic E-state index is 12.1. The lowest BCUT2D eigenvalue weighted by molar-refractivity contribution is 0.169. The zero-order valence-corrected chi connectivity index (χ0v) is 12.6. The van der Waals surface area contributed by atoms with Gasteiger partial charge in [-0.25, -0.2) is 4.79 Å². The van der Waals surface area contributed by atoms with Gasteiger partial charge in [-0.2, -0.15) is 0 Å². The number of likely N-dealkylation sites (tertiary alicyclic amines) is 1. The Labute approximate surface area is 130 Å². The monoisotopic (exact) mass is 299 g/mol. The van der Waals surface area contributed by atoms with Gasteiger partial charge in [0, 0.05) is 19.2 Å². The Morgan fingerprint density at radius 3 is 2.68 bits per heavy atom. The molecule has 1 aliphatic rings. The summed E-state index contributed by atoms with van der Waals surface area (Å²) >= 11 is 0. The zero-order chi connectivity index (χ0) is 15.2. The molecule has 1 saturated heterocycles. The molecule has 1 aromatic heterocycles. The Bertz CT molecular complexity index is 575. The summed E-state index contributed by atoms with van der Waals surface area (Å²) in [5, 5.41) is 6.50. The summed E-state index contributed by atoms with van der Waals surface area (Å²) in [7, 11) is 0. The largest absolute Gasteiger partial charge is 0.360 e. The van der Waals surface area contributed by atoms with Crippen molar-refractivity contribution in [2.45, 2.75) is 25.8 Å². The Balaban J connectivity index is 1.42. The maximum Gasteiger partial charge on any atom is 0.317 e. The second-order valence-electron chi connectivity index (χ2n) is 5.76. The molecule has 2 amide bonds. The average molecular weight is 299 g/mol. The highest BCUT2D eigenvalue weighted by Gasteiger charge is 2.22. The minimum absolute atomic E-state index is 0.0189. The van der Waals surface area contributed by atoms with Gasteiger partial charge in [0.25, 0.3) is 0 Å². The second kappa shape index (κ2) is 7.11. The van der Waals surface area contributed by atoms with Gasteiger partial charge in [-0.05, 0) is 30.7 Å². The normalized spacial score (nSPS) is 15.7. The molecule has 0 bridgehead atoms. The number of nitrogens with one attached hydrogen (secondary N) is 1. The lowest BCUT2D eigenvalue weighted by atomic mass is 9.90. The SMILES string of the molecule is O=C(NCc1ccno1)N1CCC(Cc2ccccc2)CC1. The van der Waals surface area contributed by atoms with Crippen LogP contribution in [0.2, 0.25) is 0 Å². The molecule has 116 valence electrons. The number of carbonyl (C=O) groups excluding carboxylic acids is 1. The van der Waals surface area contributed by atoms with Crippen LogP contribution in [-0.4, -0.2) is 29.2 Å². The van der Waals surface area contributed by atoms with Crippen LogP contribution in [-0.2, 0) is 13.0 Å². The first-order valence-corrected chi connectivity index (χ1v) is 7.77. The van der Waals surface area contributed by atoms with Gasteiger partial charge in [0.05, 0.1) is 12.7 Å². The van der Waals surface area contributed by atoms with E-state index in [2.05, 4.69) is 34.7 Å². The Morgan fingerprint density at radius 1 is 1.23 bits per heavy atom. The number of amides is 2. The molecule has 2 aromatic rings. The summed E-state index contributed by atoms with van der Waals surface area (Å²) in [5.74, 6) is 1.34. The minimum Gasteiger partial charge on any atom is -0.360 e. The molecule has 2 heterocycles. The van der Waals surface area contributed by atoms with Crippen LogP contribution in [0.3, 0.4) is 0 Å². The lowest BCUT2D eigenvalue weighted by Crippen LogP contribution is -2.44. The molecule has 0 aliphatic carbocycles. The molecule has 22 heavy (non-hydrogen) atoms. The highest BCUT2D eigenvalue weighted by atomic mass is 16.5. The van der Waals surface area contributed by atoms with Crippen molar-refractivity contribution >= 4 is 6.03 Å². The summed E-state index contributed by atoms with van der Waals surface area (Å²) in [6.45, 7) is 2.03. The number of carbonyl (C=O) groups is 1. The van der Waals surface area contributed by atoms with E-state index >= 15 is 0 Å².